The van der Waals surface area contributed by atoms with Gasteiger partial charge in [-0.3, -0.25) is 9.59 Å². The Bertz CT molecular complexity index is 610. The summed E-state index contributed by atoms with van der Waals surface area (Å²) in [6.45, 7) is 0. The highest BCUT2D eigenvalue weighted by atomic mass is 32.1. The zero-order chi connectivity index (χ0) is 15.2. The van der Waals surface area contributed by atoms with E-state index in [1.807, 2.05) is 17.5 Å². The van der Waals surface area contributed by atoms with Crippen molar-refractivity contribution in [2.45, 2.75) is 12.5 Å². The van der Waals surface area contributed by atoms with Crippen LogP contribution in [0.2, 0.25) is 0 Å². The van der Waals surface area contributed by atoms with Crippen molar-refractivity contribution in [2.24, 2.45) is 0 Å². The second-order valence-corrected chi connectivity index (χ2v) is 5.31. The number of benzene rings is 1. The molecule has 1 aromatic heterocycles. The van der Waals surface area contributed by atoms with Crippen LogP contribution in [-0.4, -0.2) is 19.0 Å². The second-order valence-electron chi connectivity index (χ2n) is 4.33. The van der Waals surface area contributed by atoms with Crippen LogP contribution < -0.4 is 5.32 Å². The average Bonchev–Trinajstić information content (AvgIpc) is 3.01. The first kappa shape index (κ1) is 15.2. The highest BCUT2D eigenvalue weighted by Gasteiger charge is 2.20. The van der Waals surface area contributed by atoms with Crippen LogP contribution in [-0.2, 0) is 9.53 Å². The summed E-state index contributed by atoms with van der Waals surface area (Å²) in [6.07, 6.45) is 0.0456. The molecule has 1 N–H and O–H groups in total. The maximum Gasteiger partial charge on any atom is 0.307 e. The molecule has 4 nitrogen and oxygen atoms in total. The van der Waals surface area contributed by atoms with Crippen LogP contribution in [0.15, 0.2) is 41.8 Å². The molecule has 0 bridgehead atoms. The van der Waals surface area contributed by atoms with Gasteiger partial charge >= 0.3 is 5.97 Å². The molecule has 0 aliphatic rings. The molecule has 2 aromatic rings. The minimum absolute atomic E-state index is 0.0456. The minimum atomic E-state index is -0.463. The third-order valence-corrected chi connectivity index (χ3v) is 3.88. The lowest BCUT2D eigenvalue weighted by atomic mass is 10.1. The van der Waals surface area contributed by atoms with Crippen molar-refractivity contribution in [3.05, 3.63) is 58.0 Å². The standard InChI is InChI=1S/C15H14FNO3S/c1-20-14(18)9-12(13-3-2-8-21-13)17-15(19)10-4-6-11(16)7-5-10/h2-8,12H,9H2,1H3,(H,17,19)/t12-/m1/s1. The molecule has 1 heterocycles. The fourth-order valence-electron chi connectivity index (χ4n) is 1.81. The smallest absolute Gasteiger partial charge is 0.307 e. The number of carbonyl (C=O) groups is 2. The summed E-state index contributed by atoms with van der Waals surface area (Å²) in [7, 11) is 1.30. The number of thiophene rings is 1. The molecule has 6 heteroatoms. The van der Waals surface area contributed by atoms with E-state index in [1.165, 1.54) is 42.7 Å². The van der Waals surface area contributed by atoms with Crippen LogP contribution in [0.4, 0.5) is 4.39 Å². The molecule has 1 atom stereocenters. The van der Waals surface area contributed by atoms with E-state index in [9.17, 15) is 14.0 Å². The van der Waals surface area contributed by atoms with Gasteiger partial charge in [-0.05, 0) is 35.7 Å². The first-order valence-electron chi connectivity index (χ1n) is 6.27. The van der Waals surface area contributed by atoms with Gasteiger partial charge in [0.1, 0.15) is 5.82 Å². The second kappa shape index (κ2) is 6.99. The Hall–Kier alpha value is -2.21. The Balaban J connectivity index is 2.12. The molecule has 21 heavy (non-hydrogen) atoms. The lowest BCUT2D eigenvalue weighted by molar-refractivity contribution is -0.141. The summed E-state index contributed by atoms with van der Waals surface area (Å²) >= 11 is 1.44. The Morgan fingerprint density at radius 2 is 2.00 bits per heavy atom. The van der Waals surface area contributed by atoms with Crippen molar-refractivity contribution in [2.75, 3.05) is 7.11 Å². The topological polar surface area (TPSA) is 55.4 Å². The fourth-order valence-corrected chi connectivity index (χ4v) is 2.58. The van der Waals surface area contributed by atoms with Crippen LogP contribution in [0.25, 0.3) is 0 Å². The molecule has 0 saturated carbocycles. The monoisotopic (exact) mass is 307 g/mol. The predicted molar refractivity (Wildman–Crippen MR) is 77.6 cm³/mol. The zero-order valence-corrected chi connectivity index (χ0v) is 12.2. The number of hydrogen-bond acceptors (Lipinski definition) is 4. The van der Waals surface area contributed by atoms with Gasteiger partial charge in [-0.2, -0.15) is 0 Å². The van der Waals surface area contributed by atoms with E-state index in [1.54, 1.807) is 0 Å². The molecular formula is C15H14FNO3S. The third kappa shape index (κ3) is 4.13. The summed E-state index contributed by atoms with van der Waals surface area (Å²) in [5, 5.41) is 4.63. The molecule has 0 aliphatic carbocycles. The highest BCUT2D eigenvalue weighted by Crippen LogP contribution is 2.23. The van der Waals surface area contributed by atoms with Crippen molar-refractivity contribution in [1.29, 1.82) is 0 Å². The van der Waals surface area contributed by atoms with Crippen molar-refractivity contribution >= 4 is 23.2 Å². The van der Waals surface area contributed by atoms with Gasteiger partial charge in [0.15, 0.2) is 0 Å². The molecule has 0 spiro atoms. The Kier molecular flexibility index (Phi) is 5.05. The maximum atomic E-state index is 12.9. The van der Waals surface area contributed by atoms with E-state index in [0.717, 1.165) is 4.88 Å². The number of methoxy groups -OCH3 is 1. The molecule has 0 saturated heterocycles. The summed E-state index contributed by atoms with van der Waals surface area (Å²) in [5.41, 5.74) is 0.336. The van der Waals surface area contributed by atoms with Crippen molar-refractivity contribution in [3.8, 4) is 0 Å². The number of carbonyl (C=O) groups excluding carboxylic acids is 2. The lowest BCUT2D eigenvalue weighted by Crippen LogP contribution is -2.30. The van der Waals surface area contributed by atoms with E-state index in [2.05, 4.69) is 10.1 Å². The van der Waals surface area contributed by atoms with Crippen LogP contribution in [0.1, 0.15) is 27.7 Å². The van der Waals surface area contributed by atoms with Gasteiger partial charge in [0.25, 0.3) is 5.91 Å². The van der Waals surface area contributed by atoms with E-state index in [0.29, 0.717) is 5.56 Å². The van der Waals surface area contributed by atoms with E-state index in [-0.39, 0.29) is 12.3 Å². The lowest BCUT2D eigenvalue weighted by Gasteiger charge is -2.16. The zero-order valence-electron chi connectivity index (χ0n) is 11.3. The number of halogens is 1. The molecule has 110 valence electrons. The van der Waals surface area contributed by atoms with E-state index >= 15 is 0 Å². The quantitative estimate of drug-likeness (QED) is 0.864. The van der Waals surface area contributed by atoms with Crippen molar-refractivity contribution in [3.63, 3.8) is 0 Å². The molecule has 1 amide bonds. The molecule has 1 aromatic carbocycles. The van der Waals surface area contributed by atoms with Gasteiger partial charge in [0, 0.05) is 10.4 Å². The number of ether oxygens (including phenoxy) is 1. The largest absolute Gasteiger partial charge is 0.469 e. The summed E-state index contributed by atoms with van der Waals surface area (Å²) < 4.78 is 17.5. The number of hydrogen-bond donors (Lipinski definition) is 1. The average molecular weight is 307 g/mol. The van der Waals surface area contributed by atoms with Gasteiger partial charge in [-0.25, -0.2) is 4.39 Å². The van der Waals surface area contributed by atoms with Gasteiger partial charge in [-0.1, -0.05) is 6.07 Å². The van der Waals surface area contributed by atoms with Crippen LogP contribution in [0.5, 0.6) is 0 Å². The summed E-state index contributed by atoms with van der Waals surface area (Å²) in [4.78, 5) is 24.5. The molecule has 0 radical (unpaired) electrons. The van der Waals surface area contributed by atoms with Crippen LogP contribution in [0, 0.1) is 5.82 Å². The van der Waals surface area contributed by atoms with Gasteiger partial charge in [-0.15, -0.1) is 11.3 Å². The Morgan fingerprint density at radius 1 is 1.29 bits per heavy atom. The minimum Gasteiger partial charge on any atom is -0.469 e. The van der Waals surface area contributed by atoms with Crippen LogP contribution >= 0.6 is 11.3 Å². The number of esters is 1. The number of amides is 1. The summed E-state index contributed by atoms with van der Waals surface area (Å²) in [5.74, 6) is -1.18. The van der Waals surface area contributed by atoms with E-state index < -0.39 is 17.8 Å². The van der Waals surface area contributed by atoms with Crippen molar-refractivity contribution in [1.82, 2.24) is 5.32 Å². The number of rotatable bonds is 5. The highest BCUT2D eigenvalue weighted by molar-refractivity contribution is 7.10. The molecular weight excluding hydrogens is 293 g/mol. The molecule has 0 aliphatic heterocycles. The normalized spacial score (nSPS) is 11.7. The van der Waals surface area contributed by atoms with Crippen LogP contribution in [0.3, 0.4) is 0 Å². The third-order valence-electron chi connectivity index (χ3n) is 2.90. The fraction of sp³-hybridized carbons (Fsp3) is 0.200. The first-order valence-corrected chi connectivity index (χ1v) is 7.14. The Morgan fingerprint density at radius 3 is 2.57 bits per heavy atom. The first-order chi connectivity index (χ1) is 10.1. The van der Waals surface area contributed by atoms with E-state index in [4.69, 9.17) is 0 Å². The SMILES string of the molecule is COC(=O)C[C@@H](NC(=O)c1ccc(F)cc1)c1cccs1. The molecule has 0 unspecified atom stereocenters. The van der Waals surface area contributed by atoms with Crippen molar-refractivity contribution < 1.29 is 18.7 Å². The Labute approximate surface area is 125 Å². The molecule has 2 rings (SSSR count). The summed E-state index contributed by atoms with van der Waals surface area (Å²) in [6, 6.07) is 8.44. The predicted octanol–water partition coefficient (Wildman–Crippen LogP) is 2.92. The van der Waals surface area contributed by atoms with Gasteiger partial charge in [0.05, 0.1) is 19.6 Å². The van der Waals surface area contributed by atoms with Gasteiger partial charge in [0.2, 0.25) is 0 Å². The van der Waals surface area contributed by atoms with Gasteiger partial charge < -0.3 is 10.1 Å². The number of nitrogens with one attached hydrogen (secondary N) is 1. The molecule has 0 fully saturated rings. The maximum absolute atomic E-state index is 12.9.